The topological polar surface area (TPSA) is 90.3 Å². The SMILES string of the molecule is C[C@@H]1CN([C@@H](C)CO)C(=O)c2ccccc2-c2ccccc2CO[C@@H]1CN(C)Cc1ccc(C(=O)O)cc1. The quantitative estimate of drug-likeness (QED) is 0.479. The van der Waals surface area contributed by atoms with Crippen LogP contribution in [-0.2, 0) is 17.9 Å². The lowest BCUT2D eigenvalue weighted by Crippen LogP contribution is -2.47. The summed E-state index contributed by atoms with van der Waals surface area (Å²) in [5.41, 5.74) is 4.73. The Morgan fingerprint density at radius 1 is 1.03 bits per heavy atom. The minimum Gasteiger partial charge on any atom is -0.478 e. The first-order chi connectivity index (χ1) is 18.3. The van der Waals surface area contributed by atoms with Crippen LogP contribution in [0, 0.1) is 5.92 Å². The lowest BCUT2D eigenvalue weighted by atomic mass is 9.94. The van der Waals surface area contributed by atoms with E-state index in [0.717, 1.165) is 22.3 Å². The van der Waals surface area contributed by atoms with E-state index in [1.54, 1.807) is 17.0 Å². The van der Waals surface area contributed by atoms with Crippen molar-refractivity contribution in [2.45, 2.75) is 39.1 Å². The van der Waals surface area contributed by atoms with Crippen molar-refractivity contribution in [3.8, 4) is 11.1 Å². The van der Waals surface area contributed by atoms with Gasteiger partial charge in [0.25, 0.3) is 5.91 Å². The zero-order chi connectivity index (χ0) is 27.2. The average Bonchev–Trinajstić information content (AvgIpc) is 2.94. The van der Waals surface area contributed by atoms with Crippen molar-refractivity contribution in [3.05, 3.63) is 95.1 Å². The van der Waals surface area contributed by atoms with Gasteiger partial charge in [-0.25, -0.2) is 4.79 Å². The van der Waals surface area contributed by atoms with Gasteiger partial charge in [-0.3, -0.25) is 9.69 Å². The second-order valence-corrected chi connectivity index (χ2v) is 10.2. The van der Waals surface area contributed by atoms with E-state index < -0.39 is 5.97 Å². The first-order valence-corrected chi connectivity index (χ1v) is 13.0. The molecule has 1 aliphatic heterocycles. The molecule has 0 bridgehead atoms. The van der Waals surface area contributed by atoms with E-state index in [1.165, 1.54) is 0 Å². The van der Waals surface area contributed by atoms with Crippen LogP contribution in [0.4, 0.5) is 0 Å². The smallest absolute Gasteiger partial charge is 0.335 e. The number of carboxylic acids is 1. The van der Waals surface area contributed by atoms with Crippen molar-refractivity contribution in [1.82, 2.24) is 9.80 Å². The zero-order valence-electron chi connectivity index (χ0n) is 22.2. The van der Waals surface area contributed by atoms with Gasteiger partial charge in [0.15, 0.2) is 0 Å². The number of likely N-dealkylation sites (N-methyl/N-ethyl adjacent to an activating group) is 1. The summed E-state index contributed by atoms with van der Waals surface area (Å²) in [6, 6.07) is 22.2. The number of ether oxygens (including phenoxy) is 1. The molecule has 0 aliphatic carbocycles. The minimum atomic E-state index is -0.941. The Balaban J connectivity index is 1.63. The number of hydrogen-bond donors (Lipinski definition) is 2. The molecule has 0 aromatic heterocycles. The second-order valence-electron chi connectivity index (χ2n) is 10.2. The largest absolute Gasteiger partial charge is 0.478 e. The molecule has 0 fully saturated rings. The Labute approximate surface area is 224 Å². The van der Waals surface area contributed by atoms with Crippen molar-refractivity contribution < 1.29 is 24.5 Å². The van der Waals surface area contributed by atoms with Crippen molar-refractivity contribution >= 4 is 11.9 Å². The van der Waals surface area contributed by atoms with Crippen molar-refractivity contribution in [2.24, 2.45) is 5.92 Å². The Morgan fingerprint density at radius 2 is 1.66 bits per heavy atom. The molecule has 0 saturated heterocycles. The summed E-state index contributed by atoms with van der Waals surface area (Å²) in [5.74, 6) is -1.05. The van der Waals surface area contributed by atoms with Gasteiger partial charge in [-0.2, -0.15) is 0 Å². The molecule has 0 spiro atoms. The third-order valence-electron chi connectivity index (χ3n) is 7.24. The number of nitrogens with zero attached hydrogens (tertiary/aromatic N) is 2. The lowest BCUT2D eigenvalue weighted by Gasteiger charge is -2.35. The first-order valence-electron chi connectivity index (χ1n) is 13.0. The van der Waals surface area contributed by atoms with Gasteiger partial charge in [-0.1, -0.05) is 61.5 Å². The molecule has 0 saturated carbocycles. The van der Waals surface area contributed by atoms with Gasteiger partial charge in [0.2, 0.25) is 0 Å². The van der Waals surface area contributed by atoms with Crippen LogP contribution in [-0.4, -0.2) is 70.8 Å². The van der Waals surface area contributed by atoms with Gasteiger partial charge in [-0.15, -0.1) is 0 Å². The average molecular weight is 517 g/mol. The molecule has 3 aromatic rings. The van der Waals surface area contributed by atoms with E-state index in [9.17, 15) is 14.7 Å². The van der Waals surface area contributed by atoms with Gasteiger partial charge in [-0.05, 0) is 54.4 Å². The summed E-state index contributed by atoms with van der Waals surface area (Å²) < 4.78 is 6.56. The van der Waals surface area contributed by atoms with Crippen LogP contribution in [0.25, 0.3) is 11.1 Å². The summed E-state index contributed by atoms with van der Waals surface area (Å²) in [6.07, 6.45) is -0.186. The summed E-state index contributed by atoms with van der Waals surface area (Å²) in [5, 5.41) is 19.2. The summed E-state index contributed by atoms with van der Waals surface area (Å²) >= 11 is 0. The Morgan fingerprint density at radius 3 is 2.32 bits per heavy atom. The van der Waals surface area contributed by atoms with Crippen molar-refractivity contribution in [3.63, 3.8) is 0 Å². The van der Waals surface area contributed by atoms with Gasteiger partial charge in [0, 0.05) is 31.1 Å². The zero-order valence-corrected chi connectivity index (χ0v) is 22.2. The van der Waals surface area contributed by atoms with Gasteiger partial charge in [0.1, 0.15) is 0 Å². The molecule has 0 radical (unpaired) electrons. The number of aromatic carboxylic acids is 1. The minimum absolute atomic E-state index is 0.0118. The number of benzene rings is 3. The van der Waals surface area contributed by atoms with E-state index in [-0.39, 0.29) is 36.1 Å². The molecule has 2 N–H and O–H groups in total. The van der Waals surface area contributed by atoms with Crippen LogP contribution >= 0.6 is 0 Å². The Bertz CT molecular complexity index is 1260. The number of fused-ring (bicyclic) bond motifs is 3. The van der Waals surface area contributed by atoms with Crippen molar-refractivity contribution in [1.29, 1.82) is 0 Å². The number of rotatable bonds is 7. The highest BCUT2D eigenvalue weighted by Crippen LogP contribution is 2.31. The highest BCUT2D eigenvalue weighted by atomic mass is 16.5. The van der Waals surface area contributed by atoms with E-state index in [1.807, 2.05) is 74.6 Å². The van der Waals surface area contributed by atoms with E-state index in [4.69, 9.17) is 9.84 Å². The van der Waals surface area contributed by atoms with E-state index in [0.29, 0.717) is 31.8 Å². The number of aliphatic hydroxyl groups excluding tert-OH is 1. The standard InChI is InChI=1S/C31H36N2O5/c1-21-16-33(22(2)19-34)30(35)28-11-7-6-10-27(28)26-9-5-4-8-25(26)20-38-29(21)18-32(3)17-23-12-14-24(15-13-23)31(36)37/h4-15,21-22,29,34H,16-20H2,1-3H3,(H,36,37)/t21-,22+,29-/m1/s1. The van der Waals surface area contributed by atoms with Crippen molar-refractivity contribution in [2.75, 3.05) is 26.7 Å². The Kier molecular flexibility index (Phi) is 8.94. The summed E-state index contributed by atoms with van der Waals surface area (Å²) in [6.45, 7) is 5.91. The maximum Gasteiger partial charge on any atom is 0.335 e. The number of hydrogen-bond acceptors (Lipinski definition) is 5. The molecule has 4 rings (SSSR count). The molecule has 3 aromatic carbocycles. The predicted octanol–water partition coefficient (Wildman–Crippen LogP) is 4.54. The monoisotopic (exact) mass is 516 g/mol. The number of carboxylic acid groups (broad SMARTS) is 1. The molecule has 200 valence electrons. The van der Waals surface area contributed by atoms with Crippen LogP contribution < -0.4 is 0 Å². The summed E-state index contributed by atoms with van der Waals surface area (Å²) in [7, 11) is 2.01. The number of carbonyl (C=O) groups is 2. The van der Waals surface area contributed by atoms with Gasteiger partial charge >= 0.3 is 5.97 Å². The van der Waals surface area contributed by atoms with Gasteiger partial charge in [0.05, 0.1) is 30.9 Å². The van der Waals surface area contributed by atoms with E-state index >= 15 is 0 Å². The van der Waals surface area contributed by atoms with Crippen LogP contribution in [0.1, 0.15) is 45.7 Å². The van der Waals surface area contributed by atoms with Crippen LogP contribution in [0.15, 0.2) is 72.8 Å². The molecule has 7 heteroatoms. The van der Waals surface area contributed by atoms with Crippen LogP contribution in [0.5, 0.6) is 0 Å². The molecule has 7 nitrogen and oxygen atoms in total. The first kappa shape index (κ1) is 27.5. The number of amides is 1. The molecule has 1 aliphatic rings. The fraction of sp³-hybridized carbons (Fsp3) is 0.355. The molecule has 0 unspecified atom stereocenters. The molecule has 1 amide bonds. The third-order valence-corrected chi connectivity index (χ3v) is 7.24. The Hall–Kier alpha value is -3.52. The second kappa shape index (κ2) is 12.3. The lowest BCUT2D eigenvalue weighted by molar-refractivity contribution is -0.0241. The molecular weight excluding hydrogens is 480 g/mol. The molecule has 3 atom stereocenters. The molecule has 1 heterocycles. The van der Waals surface area contributed by atoms with Gasteiger partial charge < -0.3 is 19.8 Å². The summed E-state index contributed by atoms with van der Waals surface area (Å²) in [4.78, 5) is 29.0. The van der Waals surface area contributed by atoms with Crippen LogP contribution in [0.2, 0.25) is 0 Å². The maximum absolute atomic E-state index is 13.9. The number of aliphatic hydroxyl groups is 1. The highest BCUT2D eigenvalue weighted by molar-refractivity contribution is 6.01. The fourth-order valence-corrected chi connectivity index (χ4v) is 4.99. The fourth-order valence-electron chi connectivity index (χ4n) is 4.99. The third kappa shape index (κ3) is 6.30. The molecule has 38 heavy (non-hydrogen) atoms. The predicted molar refractivity (Wildman–Crippen MR) is 147 cm³/mol. The normalized spacial score (nSPS) is 18.9. The molecular formula is C31H36N2O5. The number of carbonyl (C=O) groups excluding carboxylic acids is 1. The maximum atomic E-state index is 13.9. The van der Waals surface area contributed by atoms with E-state index in [2.05, 4.69) is 11.8 Å². The highest BCUT2D eigenvalue weighted by Gasteiger charge is 2.30. The van der Waals surface area contributed by atoms with Crippen LogP contribution in [0.3, 0.4) is 0 Å².